The van der Waals surface area contributed by atoms with Crippen molar-refractivity contribution in [3.05, 3.63) is 35.9 Å². The molecule has 3 heteroatoms. The lowest BCUT2D eigenvalue weighted by molar-refractivity contribution is -0.123. The Morgan fingerprint density at radius 1 is 1.31 bits per heavy atom. The summed E-state index contributed by atoms with van der Waals surface area (Å²) in [5, 5.41) is 2.95. The topological polar surface area (TPSA) is 55.1 Å². The van der Waals surface area contributed by atoms with Crippen molar-refractivity contribution < 1.29 is 4.79 Å². The first kappa shape index (κ1) is 12.7. The molecular weight excluding hydrogens is 200 g/mol. The second kappa shape index (κ2) is 5.12. The van der Waals surface area contributed by atoms with Gasteiger partial charge in [-0.25, -0.2) is 0 Å². The fourth-order valence-electron chi connectivity index (χ4n) is 1.54. The molecule has 0 radical (unpaired) electrons. The van der Waals surface area contributed by atoms with Crippen LogP contribution in [0.15, 0.2) is 30.3 Å². The quantitative estimate of drug-likeness (QED) is 0.813. The van der Waals surface area contributed by atoms with E-state index in [0.29, 0.717) is 6.54 Å². The smallest absolute Gasteiger partial charge is 0.229 e. The molecule has 0 saturated heterocycles. The third kappa shape index (κ3) is 3.66. The van der Waals surface area contributed by atoms with Crippen molar-refractivity contribution in [2.75, 3.05) is 6.54 Å². The van der Waals surface area contributed by atoms with Gasteiger partial charge in [-0.3, -0.25) is 4.79 Å². The van der Waals surface area contributed by atoms with Crippen LogP contribution < -0.4 is 11.1 Å². The van der Waals surface area contributed by atoms with Gasteiger partial charge in [0.1, 0.15) is 0 Å². The lowest BCUT2D eigenvalue weighted by atomic mass is 9.97. The van der Waals surface area contributed by atoms with Crippen LogP contribution in [-0.4, -0.2) is 18.0 Å². The Balaban J connectivity index is 2.80. The molecule has 0 bridgehead atoms. The summed E-state index contributed by atoms with van der Waals surface area (Å²) < 4.78 is 0. The summed E-state index contributed by atoms with van der Waals surface area (Å²) in [6, 6.07) is 9.63. The molecule has 1 unspecified atom stereocenters. The molecule has 0 aliphatic carbocycles. The molecule has 0 fully saturated rings. The van der Waals surface area contributed by atoms with Gasteiger partial charge in [-0.1, -0.05) is 30.3 Å². The highest BCUT2D eigenvalue weighted by Crippen LogP contribution is 2.15. The Labute approximate surface area is 97.0 Å². The van der Waals surface area contributed by atoms with E-state index in [4.69, 9.17) is 5.73 Å². The maximum Gasteiger partial charge on any atom is 0.229 e. The van der Waals surface area contributed by atoms with Crippen LogP contribution in [0, 0.1) is 0 Å². The van der Waals surface area contributed by atoms with E-state index in [9.17, 15) is 4.79 Å². The summed E-state index contributed by atoms with van der Waals surface area (Å²) in [7, 11) is 0. The molecule has 3 nitrogen and oxygen atoms in total. The highest BCUT2D eigenvalue weighted by Gasteiger charge is 2.22. The van der Waals surface area contributed by atoms with Crippen LogP contribution in [0.25, 0.3) is 0 Å². The standard InChI is InChI=1S/C13H20N2O/c1-13(2,3)15-12(16)11(9-14)10-7-5-4-6-8-10/h4-8,11H,9,14H2,1-3H3,(H,15,16). The monoisotopic (exact) mass is 220 g/mol. The van der Waals surface area contributed by atoms with Crippen LogP contribution in [0.5, 0.6) is 0 Å². The Bertz CT molecular complexity index is 341. The van der Waals surface area contributed by atoms with Crippen molar-refractivity contribution in [1.82, 2.24) is 5.32 Å². The molecule has 3 N–H and O–H groups in total. The van der Waals surface area contributed by atoms with Crippen LogP contribution in [0.2, 0.25) is 0 Å². The maximum atomic E-state index is 12.0. The lowest BCUT2D eigenvalue weighted by Crippen LogP contribution is -2.44. The second-order valence-corrected chi connectivity index (χ2v) is 4.94. The van der Waals surface area contributed by atoms with Crippen molar-refractivity contribution >= 4 is 5.91 Å². The first-order valence-electron chi connectivity index (χ1n) is 5.51. The number of nitrogens with two attached hydrogens (primary N) is 1. The van der Waals surface area contributed by atoms with E-state index in [-0.39, 0.29) is 17.4 Å². The average Bonchev–Trinajstić information content (AvgIpc) is 2.17. The number of amides is 1. The van der Waals surface area contributed by atoms with Crippen molar-refractivity contribution in [2.24, 2.45) is 5.73 Å². The van der Waals surface area contributed by atoms with Gasteiger partial charge >= 0.3 is 0 Å². The summed E-state index contributed by atoms with van der Waals surface area (Å²) in [5.41, 5.74) is 6.41. The third-order valence-electron chi connectivity index (χ3n) is 2.25. The molecule has 0 saturated carbocycles. The first-order valence-corrected chi connectivity index (χ1v) is 5.51. The minimum atomic E-state index is -0.263. The van der Waals surface area contributed by atoms with Crippen LogP contribution >= 0.6 is 0 Å². The van der Waals surface area contributed by atoms with E-state index in [1.54, 1.807) is 0 Å². The molecular formula is C13H20N2O. The molecule has 0 heterocycles. The zero-order chi connectivity index (χ0) is 12.2. The van der Waals surface area contributed by atoms with E-state index in [0.717, 1.165) is 5.56 Å². The Hall–Kier alpha value is -1.35. The van der Waals surface area contributed by atoms with Gasteiger partial charge in [-0.05, 0) is 26.3 Å². The molecule has 88 valence electrons. The highest BCUT2D eigenvalue weighted by atomic mass is 16.2. The summed E-state index contributed by atoms with van der Waals surface area (Å²) in [5.74, 6) is -0.276. The summed E-state index contributed by atoms with van der Waals surface area (Å²) in [6.07, 6.45) is 0. The van der Waals surface area contributed by atoms with Gasteiger partial charge in [0, 0.05) is 12.1 Å². The van der Waals surface area contributed by atoms with E-state index in [2.05, 4.69) is 5.32 Å². The molecule has 1 amide bonds. The number of hydrogen-bond donors (Lipinski definition) is 2. The van der Waals surface area contributed by atoms with Crippen molar-refractivity contribution in [3.63, 3.8) is 0 Å². The predicted molar refractivity (Wildman–Crippen MR) is 66.1 cm³/mol. The van der Waals surface area contributed by atoms with Gasteiger partial charge in [-0.15, -0.1) is 0 Å². The average molecular weight is 220 g/mol. The molecule has 1 aromatic rings. The SMILES string of the molecule is CC(C)(C)NC(=O)C(CN)c1ccccc1. The fourth-order valence-corrected chi connectivity index (χ4v) is 1.54. The highest BCUT2D eigenvalue weighted by molar-refractivity contribution is 5.84. The van der Waals surface area contributed by atoms with Gasteiger partial charge in [0.25, 0.3) is 0 Å². The number of hydrogen-bond acceptors (Lipinski definition) is 2. The summed E-state index contributed by atoms with van der Waals surface area (Å²) in [4.78, 5) is 12.0. The van der Waals surface area contributed by atoms with E-state index in [1.165, 1.54) is 0 Å². The molecule has 0 aliphatic rings. The van der Waals surface area contributed by atoms with Crippen molar-refractivity contribution in [2.45, 2.75) is 32.2 Å². The lowest BCUT2D eigenvalue weighted by Gasteiger charge is -2.24. The van der Waals surface area contributed by atoms with Crippen molar-refractivity contribution in [1.29, 1.82) is 0 Å². The minimum Gasteiger partial charge on any atom is -0.351 e. The van der Waals surface area contributed by atoms with E-state index >= 15 is 0 Å². The summed E-state index contributed by atoms with van der Waals surface area (Å²) in [6.45, 7) is 6.21. The van der Waals surface area contributed by atoms with Gasteiger partial charge < -0.3 is 11.1 Å². The van der Waals surface area contributed by atoms with Gasteiger partial charge in [0.05, 0.1) is 5.92 Å². The molecule has 0 spiro atoms. The number of rotatable bonds is 3. The minimum absolute atomic E-state index is 0.0128. The third-order valence-corrected chi connectivity index (χ3v) is 2.25. The first-order chi connectivity index (χ1) is 7.44. The molecule has 1 rings (SSSR count). The van der Waals surface area contributed by atoms with Gasteiger partial charge in [0.2, 0.25) is 5.91 Å². The van der Waals surface area contributed by atoms with E-state index < -0.39 is 0 Å². The second-order valence-electron chi connectivity index (χ2n) is 4.94. The van der Waals surface area contributed by atoms with Crippen LogP contribution in [0.3, 0.4) is 0 Å². The van der Waals surface area contributed by atoms with Crippen molar-refractivity contribution in [3.8, 4) is 0 Å². The largest absolute Gasteiger partial charge is 0.351 e. The number of nitrogens with one attached hydrogen (secondary N) is 1. The molecule has 0 aliphatic heterocycles. The number of carbonyl (C=O) groups is 1. The molecule has 0 aromatic heterocycles. The molecule has 1 aromatic carbocycles. The number of benzene rings is 1. The van der Waals surface area contributed by atoms with Crippen LogP contribution in [0.4, 0.5) is 0 Å². The van der Waals surface area contributed by atoms with E-state index in [1.807, 2.05) is 51.1 Å². The van der Waals surface area contributed by atoms with Crippen LogP contribution in [0.1, 0.15) is 32.3 Å². The molecule has 1 atom stereocenters. The Morgan fingerprint density at radius 3 is 2.31 bits per heavy atom. The number of carbonyl (C=O) groups excluding carboxylic acids is 1. The Kier molecular flexibility index (Phi) is 4.07. The zero-order valence-electron chi connectivity index (χ0n) is 10.2. The summed E-state index contributed by atoms with van der Waals surface area (Å²) >= 11 is 0. The Morgan fingerprint density at radius 2 is 1.88 bits per heavy atom. The zero-order valence-corrected chi connectivity index (χ0v) is 10.2. The predicted octanol–water partition coefficient (Wildman–Crippen LogP) is 1.64. The fraction of sp³-hybridized carbons (Fsp3) is 0.462. The van der Waals surface area contributed by atoms with Crippen LogP contribution in [-0.2, 0) is 4.79 Å². The normalized spacial score (nSPS) is 13.2. The van der Waals surface area contributed by atoms with Gasteiger partial charge in [-0.2, -0.15) is 0 Å². The maximum absolute atomic E-state index is 12.0. The van der Waals surface area contributed by atoms with Gasteiger partial charge in [0.15, 0.2) is 0 Å². The molecule has 16 heavy (non-hydrogen) atoms.